The lowest BCUT2D eigenvalue weighted by Gasteiger charge is -2.41. The summed E-state index contributed by atoms with van der Waals surface area (Å²) in [6.07, 6.45) is 1.23. The number of nitrogens with zero attached hydrogens (tertiary/aromatic N) is 1. The Kier molecular flexibility index (Phi) is 5.12. The molecule has 1 N–H and O–H groups in total. The Labute approximate surface area is 113 Å². The van der Waals surface area contributed by atoms with E-state index in [4.69, 9.17) is 0 Å². The van der Waals surface area contributed by atoms with E-state index >= 15 is 0 Å². The number of hydrogen-bond acceptors (Lipinski definition) is 2. The first-order chi connectivity index (χ1) is 9.00. The number of halogens is 3. The molecule has 1 saturated heterocycles. The molecule has 1 aliphatic heterocycles. The number of rotatable bonds is 3. The van der Waals surface area contributed by atoms with Gasteiger partial charge in [-0.2, -0.15) is 13.2 Å². The van der Waals surface area contributed by atoms with Crippen LogP contribution in [0.2, 0.25) is 0 Å². The maximum atomic E-state index is 12.6. The van der Waals surface area contributed by atoms with Gasteiger partial charge in [0, 0.05) is 12.1 Å². The molecule has 2 nitrogen and oxygen atoms in total. The fraction of sp³-hybridized carbons (Fsp3) is 1.00. The van der Waals surface area contributed by atoms with Crippen LogP contribution in [0.15, 0.2) is 0 Å². The predicted octanol–water partition coefficient (Wildman–Crippen LogP) is 3.18. The quantitative estimate of drug-likeness (QED) is 0.853. The highest BCUT2D eigenvalue weighted by Crippen LogP contribution is 2.36. The van der Waals surface area contributed by atoms with Crippen molar-refractivity contribution in [2.75, 3.05) is 19.6 Å². The van der Waals surface area contributed by atoms with Crippen molar-refractivity contribution in [3.05, 3.63) is 0 Å². The smallest absolute Gasteiger partial charge is 0.314 e. The highest BCUT2D eigenvalue weighted by molar-refractivity contribution is 4.87. The molecule has 0 radical (unpaired) electrons. The Hall–Kier alpha value is -0.290. The minimum Gasteiger partial charge on any atom is -0.314 e. The van der Waals surface area contributed by atoms with E-state index in [1.807, 2.05) is 0 Å². The van der Waals surface area contributed by atoms with Gasteiger partial charge in [-0.05, 0) is 51.7 Å². The molecule has 2 unspecified atom stereocenters. The number of piperidine rings is 1. The van der Waals surface area contributed by atoms with Crippen LogP contribution in [0.4, 0.5) is 13.2 Å². The topological polar surface area (TPSA) is 15.3 Å². The van der Waals surface area contributed by atoms with Gasteiger partial charge >= 0.3 is 6.18 Å². The SMILES string of the molecule is CCNC1CCCC(N2CCC(C(F)(F)F)CC2)C1. The largest absolute Gasteiger partial charge is 0.391 e. The molecule has 1 aliphatic carbocycles. The third kappa shape index (κ3) is 4.09. The molecule has 1 saturated carbocycles. The standard InChI is InChI=1S/C14H25F3N2/c1-2-18-12-4-3-5-13(10-12)19-8-6-11(7-9-19)14(15,16)17/h11-13,18H,2-10H2,1H3. The normalized spacial score (nSPS) is 31.6. The monoisotopic (exact) mass is 278 g/mol. The van der Waals surface area contributed by atoms with Gasteiger partial charge in [0.25, 0.3) is 0 Å². The van der Waals surface area contributed by atoms with E-state index in [2.05, 4.69) is 17.1 Å². The van der Waals surface area contributed by atoms with Gasteiger partial charge in [-0.1, -0.05) is 13.3 Å². The Morgan fingerprint density at radius 2 is 1.79 bits per heavy atom. The molecule has 0 aromatic rings. The first kappa shape index (κ1) is 15.1. The second-order valence-corrected chi connectivity index (χ2v) is 5.93. The summed E-state index contributed by atoms with van der Waals surface area (Å²) < 4.78 is 37.9. The number of alkyl halides is 3. The molecule has 1 heterocycles. The Morgan fingerprint density at radius 1 is 1.11 bits per heavy atom. The molecule has 0 aromatic carbocycles. The number of nitrogens with one attached hydrogen (secondary N) is 1. The molecule has 0 spiro atoms. The third-order valence-corrected chi connectivity index (χ3v) is 4.65. The molecular formula is C14H25F3N2. The van der Waals surface area contributed by atoms with Gasteiger partial charge in [0.05, 0.1) is 5.92 Å². The molecule has 5 heteroatoms. The number of hydrogen-bond donors (Lipinski definition) is 1. The molecule has 0 bridgehead atoms. The summed E-state index contributed by atoms with van der Waals surface area (Å²) in [5, 5.41) is 3.48. The van der Waals surface area contributed by atoms with E-state index in [-0.39, 0.29) is 12.8 Å². The molecule has 0 aromatic heterocycles. The van der Waals surface area contributed by atoms with Crippen LogP contribution in [0.1, 0.15) is 45.4 Å². The number of likely N-dealkylation sites (tertiary alicyclic amines) is 1. The van der Waals surface area contributed by atoms with Crippen molar-refractivity contribution < 1.29 is 13.2 Å². The second-order valence-electron chi connectivity index (χ2n) is 5.93. The molecule has 2 aliphatic rings. The van der Waals surface area contributed by atoms with Gasteiger partial charge < -0.3 is 10.2 Å². The van der Waals surface area contributed by atoms with E-state index in [0.29, 0.717) is 25.2 Å². The third-order valence-electron chi connectivity index (χ3n) is 4.65. The van der Waals surface area contributed by atoms with Crippen molar-refractivity contribution >= 4 is 0 Å². The summed E-state index contributed by atoms with van der Waals surface area (Å²) in [5.74, 6) is -1.07. The van der Waals surface area contributed by atoms with Crippen molar-refractivity contribution in [3.8, 4) is 0 Å². The summed E-state index contributed by atoms with van der Waals surface area (Å²) in [6, 6.07) is 1.05. The highest BCUT2D eigenvalue weighted by atomic mass is 19.4. The van der Waals surface area contributed by atoms with E-state index < -0.39 is 12.1 Å². The lowest BCUT2D eigenvalue weighted by Crippen LogP contribution is -2.48. The zero-order valence-corrected chi connectivity index (χ0v) is 11.7. The van der Waals surface area contributed by atoms with Crippen LogP contribution in [0, 0.1) is 5.92 Å². The highest BCUT2D eigenvalue weighted by Gasteiger charge is 2.42. The first-order valence-electron chi connectivity index (χ1n) is 7.55. The summed E-state index contributed by atoms with van der Waals surface area (Å²) >= 11 is 0. The summed E-state index contributed by atoms with van der Waals surface area (Å²) in [6.45, 7) is 4.33. The van der Waals surface area contributed by atoms with E-state index in [9.17, 15) is 13.2 Å². The molecule has 112 valence electrons. The lowest BCUT2D eigenvalue weighted by molar-refractivity contribution is -0.186. The fourth-order valence-electron chi connectivity index (χ4n) is 3.56. The Balaban J connectivity index is 1.81. The van der Waals surface area contributed by atoms with Gasteiger partial charge in [0.15, 0.2) is 0 Å². The Morgan fingerprint density at radius 3 is 2.37 bits per heavy atom. The Bertz CT molecular complexity index is 270. The van der Waals surface area contributed by atoms with Gasteiger partial charge in [0.2, 0.25) is 0 Å². The lowest BCUT2D eigenvalue weighted by atomic mass is 9.87. The van der Waals surface area contributed by atoms with Crippen LogP contribution in [-0.4, -0.2) is 42.8 Å². The van der Waals surface area contributed by atoms with E-state index in [1.54, 1.807) is 0 Å². The van der Waals surface area contributed by atoms with Crippen molar-refractivity contribution in [1.29, 1.82) is 0 Å². The second kappa shape index (κ2) is 6.44. The first-order valence-corrected chi connectivity index (χ1v) is 7.55. The van der Waals surface area contributed by atoms with Crippen LogP contribution in [0.25, 0.3) is 0 Å². The molecule has 0 amide bonds. The maximum absolute atomic E-state index is 12.6. The van der Waals surface area contributed by atoms with Crippen LogP contribution in [-0.2, 0) is 0 Å². The zero-order chi connectivity index (χ0) is 13.9. The van der Waals surface area contributed by atoms with Crippen molar-refractivity contribution in [1.82, 2.24) is 10.2 Å². The van der Waals surface area contributed by atoms with E-state index in [1.165, 1.54) is 12.8 Å². The molecular weight excluding hydrogens is 253 g/mol. The molecule has 2 fully saturated rings. The van der Waals surface area contributed by atoms with Crippen LogP contribution in [0.5, 0.6) is 0 Å². The zero-order valence-electron chi connectivity index (χ0n) is 11.7. The summed E-state index contributed by atoms with van der Waals surface area (Å²) in [4.78, 5) is 2.30. The average Bonchev–Trinajstić information content (AvgIpc) is 2.39. The predicted molar refractivity (Wildman–Crippen MR) is 70.1 cm³/mol. The molecule has 2 atom stereocenters. The van der Waals surface area contributed by atoms with Crippen molar-refractivity contribution in [3.63, 3.8) is 0 Å². The molecule has 19 heavy (non-hydrogen) atoms. The molecule has 2 rings (SSSR count). The average molecular weight is 278 g/mol. The minimum absolute atomic E-state index is 0.284. The van der Waals surface area contributed by atoms with Gasteiger partial charge in [-0.25, -0.2) is 0 Å². The maximum Gasteiger partial charge on any atom is 0.391 e. The summed E-state index contributed by atoms with van der Waals surface area (Å²) in [7, 11) is 0. The summed E-state index contributed by atoms with van der Waals surface area (Å²) in [5.41, 5.74) is 0. The van der Waals surface area contributed by atoms with E-state index in [0.717, 1.165) is 19.4 Å². The van der Waals surface area contributed by atoms with Crippen molar-refractivity contribution in [2.24, 2.45) is 5.92 Å². The van der Waals surface area contributed by atoms with Gasteiger partial charge in [0.1, 0.15) is 0 Å². The van der Waals surface area contributed by atoms with Crippen LogP contribution < -0.4 is 5.32 Å². The van der Waals surface area contributed by atoms with Crippen LogP contribution >= 0.6 is 0 Å². The van der Waals surface area contributed by atoms with Crippen LogP contribution in [0.3, 0.4) is 0 Å². The minimum atomic E-state index is -4.00. The van der Waals surface area contributed by atoms with Crippen molar-refractivity contribution in [2.45, 2.75) is 63.7 Å². The van der Waals surface area contributed by atoms with Gasteiger partial charge in [-0.15, -0.1) is 0 Å². The van der Waals surface area contributed by atoms with Gasteiger partial charge in [-0.3, -0.25) is 0 Å². The fourth-order valence-corrected chi connectivity index (χ4v) is 3.56.